The first-order valence-corrected chi connectivity index (χ1v) is 8.28. The van der Waals surface area contributed by atoms with E-state index in [0.29, 0.717) is 30.1 Å². The third kappa shape index (κ3) is 3.52. The lowest BCUT2D eigenvalue weighted by Crippen LogP contribution is -2.45. The van der Waals surface area contributed by atoms with Gasteiger partial charge in [0.25, 0.3) is 11.6 Å². The number of nitrogens with zero attached hydrogens (tertiary/aromatic N) is 3. The van der Waals surface area contributed by atoms with Gasteiger partial charge in [0.15, 0.2) is 0 Å². The molecule has 2 aromatic rings. The fourth-order valence-electron chi connectivity index (χ4n) is 3.15. The van der Waals surface area contributed by atoms with E-state index in [1.54, 1.807) is 19.1 Å². The molecule has 1 N–H and O–H groups in total. The second kappa shape index (κ2) is 7.27. The second-order valence-corrected chi connectivity index (χ2v) is 6.20. The summed E-state index contributed by atoms with van der Waals surface area (Å²) in [5.41, 5.74) is 1.42. The lowest BCUT2D eigenvalue weighted by Gasteiger charge is -2.34. The number of rotatable bonds is 4. The summed E-state index contributed by atoms with van der Waals surface area (Å²) in [4.78, 5) is 24.6. The Morgan fingerprint density at radius 1 is 1.38 bits per heavy atom. The van der Waals surface area contributed by atoms with Crippen LogP contribution in [0.2, 0.25) is 0 Å². The van der Waals surface area contributed by atoms with Gasteiger partial charge in [-0.3, -0.25) is 14.9 Å². The molecule has 1 amide bonds. The highest BCUT2D eigenvalue weighted by molar-refractivity contribution is 5.95. The van der Waals surface area contributed by atoms with Crippen LogP contribution >= 0.6 is 0 Å². The first kappa shape index (κ1) is 17.5. The molecule has 1 aromatic heterocycles. The summed E-state index contributed by atoms with van der Waals surface area (Å²) in [5.74, 6) is 0.437. The largest absolute Gasteiger partial charge is 0.469 e. The Kier molecular flexibility index (Phi) is 4.89. The van der Waals surface area contributed by atoms with Gasteiger partial charge in [0.05, 0.1) is 28.0 Å². The summed E-state index contributed by atoms with van der Waals surface area (Å²) >= 11 is 0. The fourth-order valence-corrected chi connectivity index (χ4v) is 3.15. The van der Waals surface area contributed by atoms with Crippen molar-refractivity contribution in [1.29, 1.82) is 5.26 Å². The van der Waals surface area contributed by atoms with Crippen LogP contribution in [0.3, 0.4) is 0 Å². The molecule has 0 unspecified atom stereocenters. The highest BCUT2D eigenvalue weighted by Gasteiger charge is 2.24. The summed E-state index contributed by atoms with van der Waals surface area (Å²) < 4.78 is 5.15. The predicted molar refractivity (Wildman–Crippen MR) is 94.0 cm³/mol. The Morgan fingerprint density at radius 3 is 2.69 bits per heavy atom. The summed E-state index contributed by atoms with van der Waals surface area (Å²) in [6.45, 7) is 3.05. The number of carbonyl (C=O) groups excluding carboxylic acids is 1. The summed E-state index contributed by atoms with van der Waals surface area (Å²) in [5, 5.41) is 23.2. The highest BCUT2D eigenvalue weighted by Crippen LogP contribution is 2.27. The van der Waals surface area contributed by atoms with E-state index >= 15 is 0 Å². The van der Waals surface area contributed by atoms with E-state index < -0.39 is 4.92 Å². The standard InChI is InChI=1S/C18H18N4O4/c1-12-16(6-9-26-12)18(23)20-14-4-7-21(8-5-14)17-3-2-15(22(24)25)10-13(17)11-19/h2-3,6,9-10,14H,4-5,7-8H2,1H3,(H,20,23). The maximum Gasteiger partial charge on any atom is 0.270 e. The maximum atomic E-state index is 12.3. The minimum Gasteiger partial charge on any atom is -0.469 e. The van der Waals surface area contributed by atoms with E-state index in [4.69, 9.17) is 4.42 Å². The zero-order valence-electron chi connectivity index (χ0n) is 14.3. The fraction of sp³-hybridized carbons (Fsp3) is 0.333. The quantitative estimate of drug-likeness (QED) is 0.667. The molecule has 0 radical (unpaired) electrons. The minimum atomic E-state index is -0.510. The van der Waals surface area contributed by atoms with Crippen LogP contribution in [0.1, 0.15) is 34.5 Å². The Bertz CT molecular complexity index is 876. The lowest BCUT2D eigenvalue weighted by atomic mass is 10.0. The molecule has 0 aliphatic carbocycles. The number of amides is 1. The molecule has 0 saturated carbocycles. The number of piperidine rings is 1. The van der Waals surface area contributed by atoms with Crippen LogP contribution in [0.5, 0.6) is 0 Å². The van der Waals surface area contributed by atoms with E-state index in [-0.39, 0.29) is 23.2 Å². The average Bonchev–Trinajstić information content (AvgIpc) is 3.08. The topological polar surface area (TPSA) is 112 Å². The number of non-ortho nitro benzene ring substituents is 1. The normalized spacial score (nSPS) is 14.7. The van der Waals surface area contributed by atoms with Crippen molar-refractivity contribution in [3.05, 3.63) is 57.5 Å². The van der Waals surface area contributed by atoms with Crippen LogP contribution in [0.4, 0.5) is 11.4 Å². The number of nitro benzene ring substituents is 1. The monoisotopic (exact) mass is 354 g/mol. The maximum absolute atomic E-state index is 12.3. The molecule has 1 saturated heterocycles. The van der Waals surface area contributed by atoms with E-state index in [0.717, 1.165) is 12.8 Å². The molecule has 1 aliphatic rings. The van der Waals surface area contributed by atoms with Gasteiger partial charge in [-0.05, 0) is 31.9 Å². The lowest BCUT2D eigenvalue weighted by molar-refractivity contribution is -0.384. The smallest absolute Gasteiger partial charge is 0.270 e. The number of furan rings is 1. The van der Waals surface area contributed by atoms with E-state index in [1.807, 2.05) is 11.0 Å². The van der Waals surface area contributed by atoms with E-state index in [2.05, 4.69) is 5.32 Å². The minimum absolute atomic E-state index is 0.0386. The van der Waals surface area contributed by atoms with E-state index in [9.17, 15) is 20.2 Å². The molecule has 1 aliphatic heterocycles. The Labute approximate surface area is 150 Å². The summed E-state index contributed by atoms with van der Waals surface area (Å²) in [7, 11) is 0. The molecule has 0 spiro atoms. The molecule has 1 aromatic carbocycles. The van der Waals surface area contributed by atoms with Gasteiger partial charge in [0.1, 0.15) is 11.8 Å². The number of benzene rings is 1. The number of anilines is 1. The van der Waals surface area contributed by atoms with Crippen LogP contribution in [-0.4, -0.2) is 30.0 Å². The van der Waals surface area contributed by atoms with Gasteiger partial charge in [-0.2, -0.15) is 5.26 Å². The van der Waals surface area contributed by atoms with Gasteiger partial charge in [-0.15, -0.1) is 0 Å². The van der Waals surface area contributed by atoms with Crippen molar-refractivity contribution in [3.63, 3.8) is 0 Å². The van der Waals surface area contributed by atoms with Gasteiger partial charge < -0.3 is 14.6 Å². The van der Waals surface area contributed by atoms with Crippen molar-refractivity contribution in [1.82, 2.24) is 5.32 Å². The van der Waals surface area contributed by atoms with Crippen LogP contribution in [0.25, 0.3) is 0 Å². The van der Waals surface area contributed by atoms with Gasteiger partial charge in [0.2, 0.25) is 0 Å². The third-order valence-corrected chi connectivity index (χ3v) is 4.59. The molecule has 1 fully saturated rings. The van der Waals surface area contributed by atoms with Gasteiger partial charge >= 0.3 is 0 Å². The predicted octanol–water partition coefficient (Wildman–Crippen LogP) is 2.77. The van der Waals surface area contributed by atoms with Crippen molar-refractivity contribution < 1.29 is 14.1 Å². The molecule has 26 heavy (non-hydrogen) atoms. The van der Waals surface area contributed by atoms with Crippen LogP contribution in [0, 0.1) is 28.4 Å². The van der Waals surface area contributed by atoms with Crippen molar-refractivity contribution >= 4 is 17.3 Å². The van der Waals surface area contributed by atoms with Crippen molar-refractivity contribution in [3.8, 4) is 6.07 Å². The molecule has 0 bridgehead atoms. The molecule has 3 rings (SSSR count). The SMILES string of the molecule is Cc1occc1C(=O)NC1CCN(c2ccc([N+](=O)[O-])cc2C#N)CC1. The molecule has 0 atom stereocenters. The number of nitrogens with one attached hydrogen (secondary N) is 1. The molecular weight excluding hydrogens is 336 g/mol. The van der Waals surface area contributed by atoms with Gasteiger partial charge in [0, 0.05) is 31.3 Å². The molecular formula is C18H18N4O4. The molecule has 8 heteroatoms. The van der Waals surface area contributed by atoms with E-state index in [1.165, 1.54) is 18.4 Å². The van der Waals surface area contributed by atoms with Gasteiger partial charge in [-0.1, -0.05) is 0 Å². The van der Waals surface area contributed by atoms with Crippen LogP contribution in [0.15, 0.2) is 34.9 Å². The zero-order chi connectivity index (χ0) is 18.7. The number of hydrogen-bond donors (Lipinski definition) is 1. The van der Waals surface area contributed by atoms with Crippen molar-refractivity contribution in [2.24, 2.45) is 0 Å². The van der Waals surface area contributed by atoms with Crippen molar-refractivity contribution in [2.75, 3.05) is 18.0 Å². The highest BCUT2D eigenvalue weighted by atomic mass is 16.6. The summed E-state index contributed by atoms with van der Waals surface area (Å²) in [6, 6.07) is 8.04. The number of hydrogen-bond acceptors (Lipinski definition) is 6. The number of nitriles is 1. The number of nitro groups is 1. The zero-order valence-corrected chi connectivity index (χ0v) is 14.3. The Balaban J connectivity index is 1.64. The Hall–Kier alpha value is -3.34. The van der Waals surface area contributed by atoms with Gasteiger partial charge in [-0.25, -0.2) is 0 Å². The van der Waals surface area contributed by atoms with Crippen LogP contribution < -0.4 is 10.2 Å². The van der Waals surface area contributed by atoms with Crippen LogP contribution in [-0.2, 0) is 0 Å². The Morgan fingerprint density at radius 2 is 2.12 bits per heavy atom. The third-order valence-electron chi connectivity index (χ3n) is 4.59. The first-order valence-electron chi connectivity index (χ1n) is 8.28. The summed E-state index contributed by atoms with van der Waals surface area (Å²) in [6.07, 6.45) is 2.94. The second-order valence-electron chi connectivity index (χ2n) is 6.20. The molecule has 2 heterocycles. The average molecular weight is 354 g/mol. The number of carbonyl (C=O) groups is 1. The van der Waals surface area contributed by atoms with Crippen molar-refractivity contribution in [2.45, 2.75) is 25.8 Å². The molecule has 8 nitrogen and oxygen atoms in total. The number of aryl methyl sites for hydroxylation is 1. The molecule has 134 valence electrons. The first-order chi connectivity index (χ1) is 12.5.